The minimum Gasteiger partial charge on any atom is -0.329 e. The molecule has 12 nitrogen and oxygen atoms in total. The second-order valence-electron chi connectivity index (χ2n) is 14.8. The molecule has 8 atom stereocenters. The van der Waals surface area contributed by atoms with Gasteiger partial charge in [0.15, 0.2) is 0 Å². The third-order valence-corrected chi connectivity index (χ3v) is 12.0. The van der Waals surface area contributed by atoms with Gasteiger partial charge in [-0.1, -0.05) is 12.1 Å². The highest BCUT2D eigenvalue weighted by Gasteiger charge is 2.79. The summed E-state index contributed by atoms with van der Waals surface area (Å²) in [6, 6.07) is 11.2. The summed E-state index contributed by atoms with van der Waals surface area (Å²) in [7, 11) is 3.38. The number of pyridine rings is 2. The average molecular weight is 621 g/mol. The fourth-order valence-electron chi connectivity index (χ4n) is 9.79. The van der Waals surface area contributed by atoms with Crippen molar-refractivity contribution in [2.24, 2.45) is 10.8 Å². The van der Waals surface area contributed by atoms with Crippen LogP contribution < -0.4 is 0 Å². The molecule has 4 bridgehead atoms. The van der Waals surface area contributed by atoms with Crippen molar-refractivity contribution in [3.8, 4) is 12.1 Å². The van der Waals surface area contributed by atoms with E-state index in [1.165, 1.54) is 0 Å². The molecule has 0 N–H and O–H groups in total. The van der Waals surface area contributed by atoms with Crippen molar-refractivity contribution >= 4 is 23.6 Å². The van der Waals surface area contributed by atoms with Crippen LogP contribution in [0.15, 0.2) is 49.1 Å². The lowest BCUT2D eigenvalue weighted by molar-refractivity contribution is -0.159. The van der Waals surface area contributed by atoms with Crippen LogP contribution in [0.5, 0.6) is 0 Å². The Bertz CT molecular complexity index is 1680. The normalized spacial score (nSPS) is 41.4. The highest BCUT2D eigenvalue weighted by Crippen LogP contribution is 2.65. The van der Waals surface area contributed by atoms with E-state index in [1.54, 1.807) is 70.6 Å². The van der Waals surface area contributed by atoms with Crippen LogP contribution in [0.2, 0.25) is 0 Å². The molecule has 2 spiro atoms. The summed E-state index contributed by atoms with van der Waals surface area (Å²) in [5.74, 6) is -0.222. The Balaban J connectivity index is 0.000000147. The smallest absolute Gasteiger partial charge is 0.249 e. The van der Waals surface area contributed by atoms with Crippen molar-refractivity contribution in [1.29, 1.82) is 10.5 Å². The van der Waals surface area contributed by atoms with Crippen molar-refractivity contribution in [3.05, 3.63) is 60.2 Å². The molecular weight excluding hydrogens is 584 g/mol. The highest BCUT2D eigenvalue weighted by molar-refractivity contribution is 6.08. The summed E-state index contributed by atoms with van der Waals surface area (Å²) >= 11 is 0. The molecule has 236 valence electrons. The maximum atomic E-state index is 13.1. The Morgan fingerprint density at radius 1 is 0.652 bits per heavy atom. The molecule has 0 saturated carbocycles. The molecule has 4 amide bonds. The van der Waals surface area contributed by atoms with E-state index in [0.717, 1.165) is 11.1 Å². The summed E-state index contributed by atoms with van der Waals surface area (Å²) < 4.78 is 0. The number of hydrogen-bond acceptors (Lipinski definition) is 8. The first kappa shape index (κ1) is 29.8. The number of rotatable bonds is 2. The molecule has 6 aliphatic rings. The Kier molecular flexibility index (Phi) is 5.78. The van der Waals surface area contributed by atoms with Gasteiger partial charge < -0.3 is 19.6 Å². The van der Waals surface area contributed by atoms with Gasteiger partial charge in [0, 0.05) is 64.6 Å². The molecule has 0 aromatic carbocycles. The van der Waals surface area contributed by atoms with Gasteiger partial charge in [-0.25, -0.2) is 0 Å². The maximum Gasteiger partial charge on any atom is 0.249 e. The number of nitrogens with zero attached hydrogens (tertiary/aromatic N) is 8. The third kappa shape index (κ3) is 3.22. The van der Waals surface area contributed by atoms with E-state index in [0.29, 0.717) is 25.7 Å². The monoisotopic (exact) mass is 620 g/mol. The van der Waals surface area contributed by atoms with Crippen LogP contribution in [0.25, 0.3) is 0 Å². The SMILES string of the molecule is CN1C(=O)[C@@]23C[C@](C)(C#N)[C@H](c4cccnc4)N2C(=O)[C@]1(C)C3.CN1C(=O)[C@]23C[C@@](C)(C#N)[C@@H](c4cccnc4)N2C(=O)[C@@]1(C)C3. The van der Waals surface area contributed by atoms with Gasteiger partial charge in [-0.05, 0) is 51.0 Å². The number of piperazine rings is 2. The zero-order valence-corrected chi connectivity index (χ0v) is 26.8. The van der Waals surface area contributed by atoms with Crippen molar-refractivity contribution < 1.29 is 19.2 Å². The van der Waals surface area contributed by atoms with Gasteiger partial charge in [0.25, 0.3) is 0 Å². The molecule has 46 heavy (non-hydrogen) atoms. The minimum absolute atomic E-state index is 0.0486. The number of aromatic nitrogens is 2. The molecular formula is C34H36N8O4. The van der Waals surface area contributed by atoms with Crippen LogP contribution in [0.3, 0.4) is 0 Å². The number of nitriles is 2. The van der Waals surface area contributed by atoms with Gasteiger partial charge in [0.2, 0.25) is 23.6 Å². The van der Waals surface area contributed by atoms with E-state index in [4.69, 9.17) is 0 Å². The topological polar surface area (TPSA) is 155 Å². The van der Waals surface area contributed by atoms with Gasteiger partial charge in [-0.2, -0.15) is 10.5 Å². The Morgan fingerprint density at radius 3 is 1.33 bits per heavy atom. The number of hydrogen-bond donors (Lipinski definition) is 0. The van der Waals surface area contributed by atoms with Gasteiger partial charge in [0.1, 0.15) is 22.2 Å². The van der Waals surface area contributed by atoms with Gasteiger partial charge in [-0.3, -0.25) is 29.1 Å². The number of likely N-dealkylation sites (N-methyl/N-ethyl adjacent to an activating group) is 2. The Hall–Kier alpha value is -4.84. The van der Waals surface area contributed by atoms with E-state index in [2.05, 4.69) is 22.1 Å². The van der Waals surface area contributed by atoms with Crippen LogP contribution in [-0.2, 0) is 19.2 Å². The van der Waals surface area contributed by atoms with Crippen molar-refractivity contribution in [2.75, 3.05) is 14.1 Å². The number of amides is 4. The van der Waals surface area contributed by atoms with E-state index >= 15 is 0 Å². The summed E-state index contributed by atoms with van der Waals surface area (Å²) in [4.78, 5) is 66.8. The first-order valence-electron chi connectivity index (χ1n) is 15.5. The molecule has 6 aliphatic heterocycles. The number of likely N-dealkylation sites (tertiary alicyclic amines) is 2. The van der Waals surface area contributed by atoms with Crippen LogP contribution in [0, 0.1) is 33.5 Å². The largest absolute Gasteiger partial charge is 0.329 e. The number of fused-ring (bicyclic) bond motifs is 2. The summed E-state index contributed by atoms with van der Waals surface area (Å²) in [6.45, 7) is 7.33. The first-order chi connectivity index (χ1) is 21.6. The number of carbonyl (C=O) groups excluding carboxylic acids is 4. The second kappa shape index (κ2) is 8.91. The highest BCUT2D eigenvalue weighted by atomic mass is 16.2. The first-order valence-corrected chi connectivity index (χ1v) is 15.5. The second-order valence-corrected chi connectivity index (χ2v) is 14.8. The van der Waals surface area contributed by atoms with Crippen LogP contribution in [0.1, 0.15) is 76.6 Å². The molecule has 8 rings (SSSR count). The van der Waals surface area contributed by atoms with Crippen molar-refractivity contribution in [1.82, 2.24) is 29.6 Å². The predicted octanol–water partition coefficient (Wildman–Crippen LogP) is 2.52. The summed E-state index contributed by atoms with van der Waals surface area (Å²) in [6.07, 6.45) is 8.38. The lowest BCUT2D eigenvalue weighted by Gasteiger charge is -2.41. The van der Waals surface area contributed by atoms with Gasteiger partial charge in [0.05, 0.1) is 35.1 Å². The molecule has 6 fully saturated rings. The zero-order valence-electron chi connectivity index (χ0n) is 26.8. The summed E-state index contributed by atoms with van der Waals surface area (Å²) in [5.41, 5.74) is -3.34. The van der Waals surface area contributed by atoms with Crippen LogP contribution >= 0.6 is 0 Å². The fourth-order valence-corrected chi connectivity index (χ4v) is 9.79. The van der Waals surface area contributed by atoms with Crippen molar-refractivity contribution in [2.45, 2.75) is 87.6 Å². The van der Waals surface area contributed by atoms with E-state index < -0.39 is 45.1 Å². The maximum absolute atomic E-state index is 13.1. The molecule has 2 aromatic heterocycles. The quantitative estimate of drug-likeness (QED) is 0.496. The zero-order chi connectivity index (χ0) is 33.2. The molecule has 8 heterocycles. The van der Waals surface area contributed by atoms with Crippen LogP contribution in [0.4, 0.5) is 0 Å². The van der Waals surface area contributed by atoms with E-state index in [9.17, 15) is 29.7 Å². The molecule has 6 saturated heterocycles. The number of carbonyl (C=O) groups is 4. The molecule has 0 unspecified atom stereocenters. The van der Waals surface area contributed by atoms with Gasteiger partial charge in [-0.15, -0.1) is 0 Å². The Labute approximate surface area is 267 Å². The molecule has 12 heteroatoms. The van der Waals surface area contributed by atoms with E-state index in [1.807, 2.05) is 39.8 Å². The predicted molar refractivity (Wildman–Crippen MR) is 161 cm³/mol. The molecule has 2 aromatic rings. The minimum atomic E-state index is -0.883. The summed E-state index contributed by atoms with van der Waals surface area (Å²) in [5, 5.41) is 19.6. The molecule has 0 aliphatic carbocycles. The van der Waals surface area contributed by atoms with Gasteiger partial charge >= 0.3 is 0 Å². The standard InChI is InChI=1S/2C17H18N4O2/c2*1-15(10-18)8-17-9-16(2,20(3)14(17)23)13(22)21(17)12(15)11-5-4-6-19-7-11/h2*4-7,12H,8-9H2,1-3H3/t2*12-,15+,16-,17-/m10/s1. The van der Waals surface area contributed by atoms with Crippen LogP contribution in [-0.4, -0.2) is 89.4 Å². The Morgan fingerprint density at radius 2 is 1.02 bits per heavy atom. The average Bonchev–Trinajstić information content (AvgIpc) is 3.74. The van der Waals surface area contributed by atoms with Crippen molar-refractivity contribution in [3.63, 3.8) is 0 Å². The lowest BCUT2D eigenvalue weighted by atomic mass is 9.76. The van der Waals surface area contributed by atoms with E-state index in [-0.39, 0.29) is 23.6 Å². The molecule has 0 radical (unpaired) electrons. The lowest BCUT2D eigenvalue weighted by Crippen LogP contribution is -2.60. The fraction of sp³-hybridized carbons (Fsp3) is 0.529. The third-order valence-electron chi connectivity index (χ3n) is 12.0.